The van der Waals surface area contributed by atoms with Crippen molar-refractivity contribution in [3.8, 4) is 11.3 Å². The number of nitrogens with one attached hydrogen (secondary N) is 1. The van der Waals surface area contributed by atoms with Crippen LogP contribution in [0.4, 0.5) is 0 Å². The lowest BCUT2D eigenvalue weighted by molar-refractivity contribution is 0.396. The molecule has 0 radical (unpaired) electrons. The van der Waals surface area contributed by atoms with E-state index in [-0.39, 0.29) is 0 Å². The Labute approximate surface area is 126 Å². The lowest BCUT2D eigenvalue weighted by atomic mass is 9.94. The molecule has 1 aromatic carbocycles. The average molecular weight is 282 g/mol. The highest BCUT2D eigenvalue weighted by molar-refractivity contribution is 5.63. The van der Waals surface area contributed by atoms with Crippen LogP contribution in [0, 0.1) is 12.8 Å². The summed E-state index contributed by atoms with van der Waals surface area (Å²) in [5.74, 6) is 1.67. The van der Waals surface area contributed by atoms with E-state index in [1.165, 1.54) is 24.8 Å². The molecule has 0 bridgehead atoms. The van der Waals surface area contributed by atoms with Gasteiger partial charge in [-0.25, -0.2) is 0 Å². The maximum Gasteiger partial charge on any atom is 0.138 e. The Morgan fingerprint density at radius 2 is 2.10 bits per heavy atom. The van der Waals surface area contributed by atoms with Crippen molar-refractivity contribution >= 4 is 0 Å². The van der Waals surface area contributed by atoms with Crippen molar-refractivity contribution in [3.05, 3.63) is 53.8 Å². The molecule has 1 unspecified atom stereocenters. The second-order valence-electron chi connectivity index (χ2n) is 5.71. The van der Waals surface area contributed by atoms with E-state index in [0.29, 0.717) is 0 Å². The first-order chi connectivity index (χ1) is 10.3. The van der Waals surface area contributed by atoms with Gasteiger partial charge < -0.3 is 9.84 Å². The van der Waals surface area contributed by atoms with Crippen LogP contribution in [0.3, 0.4) is 0 Å². The summed E-state index contributed by atoms with van der Waals surface area (Å²) in [5, 5.41) is 7.80. The first-order valence-electron chi connectivity index (χ1n) is 7.71. The van der Waals surface area contributed by atoms with Gasteiger partial charge >= 0.3 is 0 Å². The van der Waals surface area contributed by atoms with E-state index in [0.717, 1.165) is 36.0 Å². The highest BCUT2D eigenvalue weighted by Crippen LogP contribution is 2.25. The van der Waals surface area contributed by atoms with Gasteiger partial charge in [0.1, 0.15) is 11.5 Å². The van der Waals surface area contributed by atoms with Crippen LogP contribution < -0.4 is 5.32 Å². The van der Waals surface area contributed by atoms with Crippen LogP contribution in [-0.2, 0) is 6.54 Å². The Hall–Kier alpha value is -1.87. The molecule has 3 nitrogen and oxygen atoms in total. The number of rotatable bonds is 5. The largest absolute Gasteiger partial charge is 0.361 e. The molecule has 110 valence electrons. The van der Waals surface area contributed by atoms with Crippen LogP contribution in [-0.4, -0.2) is 11.7 Å². The van der Waals surface area contributed by atoms with E-state index in [4.69, 9.17) is 4.52 Å². The monoisotopic (exact) mass is 282 g/mol. The molecular formula is C18H22N2O. The van der Waals surface area contributed by atoms with Crippen LogP contribution in [0.1, 0.15) is 30.6 Å². The molecule has 1 aromatic heterocycles. The summed E-state index contributed by atoms with van der Waals surface area (Å²) in [5.41, 5.74) is 3.25. The molecule has 21 heavy (non-hydrogen) atoms. The third kappa shape index (κ3) is 3.42. The number of hydrogen-bond donors (Lipinski definition) is 1. The number of hydrogen-bond acceptors (Lipinski definition) is 3. The van der Waals surface area contributed by atoms with Gasteiger partial charge in [0.05, 0.1) is 0 Å². The van der Waals surface area contributed by atoms with Crippen molar-refractivity contribution < 1.29 is 4.52 Å². The van der Waals surface area contributed by atoms with Gasteiger partial charge in [-0.2, -0.15) is 0 Å². The zero-order chi connectivity index (χ0) is 14.5. The molecule has 1 aliphatic rings. The quantitative estimate of drug-likeness (QED) is 0.839. The normalized spacial score (nSPS) is 18.0. The van der Waals surface area contributed by atoms with Crippen LogP contribution in [0.15, 0.2) is 47.0 Å². The van der Waals surface area contributed by atoms with Gasteiger partial charge in [-0.05, 0) is 38.6 Å². The summed E-state index contributed by atoms with van der Waals surface area (Å²) in [6.45, 7) is 3.86. The maximum absolute atomic E-state index is 5.39. The van der Waals surface area contributed by atoms with E-state index < -0.39 is 0 Å². The number of nitrogens with zero attached hydrogens (tertiary/aromatic N) is 1. The van der Waals surface area contributed by atoms with Crippen molar-refractivity contribution in [2.75, 3.05) is 6.54 Å². The predicted molar refractivity (Wildman–Crippen MR) is 84.9 cm³/mol. The summed E-state index contributed by atoms with van der Waals surface area (Å²) in [6.07, 6.45) is 8.29. The first-order valence-corrected chi connectivity index (χ1v) is 7.71. The van der Waals surface area contributed by atoms with E-state index in [1.54, 1.807) is 0 Å². The van der Waals surface area contributed by atoms with E-state index in [9.17, 15) is 0 Å². The lowest BCUT2D eigenvalue weighted by Crippen LogP contribution is -2.23. The van der Waals surface area contributed by atoms with Gasteiger partial charge in [0.25, 0.3) is 0 Å². The predicted octanol–water partition coefficient (Wildman–Crippen LogP) is 4.10. The molecular weight excluding hydrogens is 260 g/mol. The summed E-state index contributed by atoms with van der Waals surface area (Å²) in [4.78, 5) is 0. The molecule has 0 aliphatic heterocycles. The molecule has 1 N–H and O–H groups in total. The van der Waals surface area contributed by atoms with Crippen LogP contribution in [0.25, 0.3) is 11.3 Å². The second-order valence-corrected chi connectivity index (χ2v) is 5.71. The Balaban J connectivity index is 1.65. The van der Waals surface area contributed by atoms with E-state index in [2.05, 4.69) is 34.8 Å². The summed E-state index contributed by atoms with van der Waals surface area (Å²) < 4.78 is 5.39. The van der Waals surface area contributed by atoms with Crippen molar-refractivity contribution in [1.82, 2.24) is 10.5 Å². The number of benzene rings is 1. The highest BCUT2D eigenvalue weighted by atomic mass is 16.5. The van der Waals surface area contributed by atoms with Crippen molar-refractivity contribution in [2.45, 2.75) is 32.7 Å². The molecule has 0 amide bonds. The standard InChI is InChI=1S/C18H22N2O/c1-14-17(13-19-12-15-8-4-2-5-9-15)18(20-21-14)16-10-6-3-7-11-16/h2-4,6-7,10-11,15,19H,5,8-9,12-13H2,1H3. The fourth-order valence-electron chi connectivity index (χ4n) is 2.87. The van der Waals surface area contributed by atoms with Gasteiger partial charge in [0.2, 0.25) is 0 Å². The summed E-state index contributed by atoms with van der Waals surface area (Å²) in [6, 6.07) is 10.2. The fraction of sp³-hybridized carbons (Fsp3) is 0.389. The molecule has 1 atom stereocenters. The average Bonchev–Trinajstić information content (AvgIpc) is 2.91. The van der Waals surface area contributed by atoms with E-state index in [1.807, 2.05) is 25.1 Å². The molecule has 3 rings (SSSR count). The zero-order valence-electron chi connectivity index (χ0n) is 12.5. The number of aryl methyl sites for hydroxylation is 1. The van der Waals surface area contributed by atoms with Crippen LogP contribution in [0.5, 0.6) is 0 Å². The minimum Gasteiger partial charge on any atom is -0.361 e. The van der Waals surface area contributed by atoms with Gasteiger partial charge in [0, 0.05) is 17.7 Å². The van der Waals surface area contributed by atoms with Gasteiger partial charge in [0.15, 0.2) is 0 Å². The Morgan fingerprint density at radius 1 is 1.24 bits per heavy atom. The molecule has 0 fully saturated rings. The third-order valence-corrected chi connectivity index (χ3v) is 4.14. The van der Waals surface area contributed by atoms with Gasteiger partial charge in [-0.1, -0.05) is 47.6 Å². The lowest BCUT2D eigenvalue weighted by Gasteiger charge is -2.18. The number of aromatic nitrogens is 1. The van der Waals surface area contributed by atoms with E-state index >= 15 is 0 Å². The molecule has 0 spiro atoms. The molecule has 3 heteroatoms. The highest BCUT2D eigenvalue weighted by Gasteiger charge is 2.15. The SMILES string of the molecule is Cc1onc(-c2ccccc2)c1CNCC1CC=CCC1. The second kappa shape index (κ2) is 6.72. The molecule has 1 aliphatic carbocycles. The Morgan fingerprint density at radius 3 is 2.86 bits per heavy atom. The molecule has 2 aromatic rings. The zero-order valence-corrected chi connectivity index (χ0v) is 12.5. The minimum atomic E-state index is 0.760. The van der Waals surface area contributed by atoms with Gasteiger partial charge in [-0.3, -0.25) is 0 Å². The Bertz CT molecular complexity index is 601. The number of allylic oxidation sites excluding steroid dienone is 2. The Kier molecular flexibility index (Phi) is 4.51. The van der Waals surface area contributed by atoms with Gasteiger partial charge in [-0.15, -0.1) is 0 Å². The van der Waals surface area contributed by atoms with Crippen molar-refractivity contribution in [2.24, 2.45) is 5.92 Å². The molecule has 1 heterocycles. The first kappa shape index (κ1) is 14.1. The third-order valence-electron chi connectivity index (χ3n) is 4.14. The van der Waals surface area contributed by atoms with Crippen molar-refractivity contribution in [3.63, 3.8) is 0 Å². The van der Waals surface area contributed by atoms with Crippen molar-refractivity contribution in [1.29, 1.82) is 0 Å². The van der Waals surface area contributed by atoms with Crippen LogP contribution in [0.2, 0.25) is 0 Å². The minimum absolute atomic E-state index is 0.760. The molecule has 0 saturated carbocycles. The maximum atomic E-state index is 5.39. The summed E-state index contributed by atoms with van der Waals surface area (Å²) in [7, 11) is 0. The molecule has 0 saturated heterocycles. The fourth-order valence-corrected chi connectivity index (χ4v) is 2.87. The summed E-state index contributed by atoms with van der Waals surface area (Å²) >= 11 is 0. The van der Waals surface area contributed by atoms with Crippen LogP contribution >= 0.6 is 0 Å². The topological polar surface area (TPSA) is 38.1 Å². The smallest absolute Gasteiger partial charge is 0.138 e.